The van der Waals surface area contributed by atoms with E-state index in [9.17, 15) is 4.79 Å². The van der Waals surface area contributed by atoms with Crippen LogP contribution in [0.2, 0.25) is 0 Å². The standard InChI is InChI=1S/C12H14N2O2/c1-2-6-14-7-5-13-10-4-3-9(12(15)16)8-11(10)14/h2-4,8,13H,1,5-7H2,(H,15,16). The minimum atomic E-state index is -0.896. The number of hydrogen-bond acceptors (Lipinski definition) is 3. The molecule has 84 valence electrons. The average Bonchev–Trinajstić information content (AvgIpc) is 2.29. The third-order valence-electron chi connectivity index (χ3n) is 2.63. The Balaban J connectivity index is 2.40. The zero-order valence-electron chi connectivity index (χ0n) is 8.94. The molecule has 0 bridgehead atoms. The van der Waals surface area contributed by atoms with Crippen LogP contribution in [0.15, 0.2) is 30.9 Å². The number of rotatable bonds is 3. The van der Waals surface area contributed by atoms with E-state index in [2.05, 4.69) is 16.8 Å². The van der Waals surface area contributed by atoms with Crippen molar-refractivity contribution in [3.63, 3.8) is 0 Å². The van der Waals surface area contributed by atoms with Crippen LogP contribution in [0.4, 0.5) is 11.4 Å². The van der Waals surface area contributed by atoms with E-state index in [1.54, 1.807) is 12.1 Å². The second-order valence-corrected chi connectivity index (χ2v) is 3.70. The van der Waals surface area contributed by atoms with Gasteiger partial charge in [-0.1, -0.05) is 6.08 Å². The number of aromatic carboxylic acids is 1. The molecule has 4 nitrogen and oxygen atoms in total. The lowest BCUT2D eigenvalue weighted by molar-refractivity contribution is 0.0697. The number of nitrogens with one attached hydrogen (secondary N) is 1. The van der Waals surface area contributed by atoms with E-state index < -0.39 is 5.97 Å². The summed E-state index contributed by atoms with van der Waals surface area (Å²) in [6.45, 7) is 6.17. The predicted octanol–water partition coefficient (Wildman–Crippen LogP) is 1.80. The van der Waals surface area contributed by atoms with Crippen LogP contribution >= 0.6 is 0 Å². The van der Waals surface area contributed by atoms with Gasteiger partial charge in [0.15, 0.2) is 0 Å². The lowest BCUT2D eigenvalue weighted by atomic mass is 10.1. The quantitative estimate of drug-likeness (QED) is 0.760. The Morgan fingerprint density at radius 1 is 1.62 bits per heavy atom. The van der Waals surface area contributed by atoms with Crippen molar-refractivity contribution in [2.75, 3.05) is 29.9 Å². The van der Waals surface area contributed by atoms with Gasteiger partial charge in [-0.2, -0.15) is 0 Å². The Morgan fingerprint density at radius 3 is 3.12 bits per heavy atom. The van der Waals surface area contributed by atoms with Gasteiger partial charge in [-0.25, -0.2) is 4.79 Å². The topological polar surface area (TPSA) is 52.6 Å². The number of fused-ring (bicyclic) bond motifs is 1. The van der Waals surface area contributed by atoms with Crippen molar-refractivity contribution < 1.29 is 9.90 Å². The van der Waals surface area contributed by atoms with Gasteiger partial charge in [0.05, 0.1) is 16.9 Å². The highest BCUT2D eigenvalue weighted by Gasteiger charge is 2.17. The van der Waals surface area contributed by atoms with Gasteiger partial charge in [-0.3, -0.25) is 0 Å². The first-order valence-electron chi connectivity index (χ1n) is 5.19. The van der Waals surface area contributed by atoms with Gasteiger partial charge in [0, 0.05) is 19.6 Å². The molecule has 0 amide bonds. The molecule has 0 atom stereocenters. The fourth-order valence-corrected chi connectivity index (χ4v) is 1.87. The van der Waals surface area contributed by atoms with Crippen molar-refractivity contribution >= 4 is 17.3 Å². The molecule has 0 spiro atoms. The van der Waals surface area contributed by atoms with Crippen LogP contribution in [0, 0.1) is 0 Å². The summed E-state index contributed by atoms with van der Waals surface area (Å²) < 4.78 is 0. The highest BCUT2D eigenvalue weighted by atomic mass is 16.4. The summed E-state index contributed by atoms with van der Waals surface area (Å²) in [4.78, 5) is 13.0. The predicted molar refractivity (Wildman–Crippen MR) is 64.3 cm³/mol. The van der Waals surface area contributed by atoms with E-state index in [-0.39, 0.29) is 0 Å². The molecule has 1 aromatic carbocycles. The number of carboxylic acid groups (broad SMARTS) is 1. The van der Waals surface area contributed by atoms with Gasteiger partial charge in [0.2, 0.25) is 0 Å². The maximum absolute atomic E-state index is 10.9. The van der Waals surface area contributed by atoms with Crippen molar-refractivity contribution in [1.29, 1.82) is 0 Å². The number of nitrogens with zero attached hydrogens (tertiary/aromatic N) is 1. The van der Waals surface area contributed by atoms with Crippen molar-refractivity contribution in [2.24, 2.45) is 0 Å². The molecule has 1 aromatic rings. The minimum Gasteiger partial charge on any atom is -0.478 e. The van der Waals surface area contributed by atoms with Crippen molar-refractivity contribution in [3.05, 3.63) is 36.4 Å². The molecule has 0 aliphatic carbocycles. The van der Waals surface area contributed by atoms with Crippen LogP contribution in [0.1, 0.15) is 10.4 Å². The van der Waals surface area contributed by atoms with Crippen molar-refractivity contribution in [2.45, 2.75) is 0 Å². The monoisotopic (exact) mass is 218 g/mol. The summed E-state index contributed by atoms with van der Waals surface area (Å²) in [5.41, 5.74) is 2.24. The maximum atomic E-state index is 10.9. The normalized spacial score (nSPS) is 13.9. The van der Waals surface area contributed by atoms with E-state index >= 15 is 0 Å². The summed E-state index contributed by atoms with van der Waals surface area (Å²) in [7, 11) is 0. The molecule has 16 heavy (non-hydrogen) atoms. The summed E-state index contributed by atoms with van der Waals surface area (Å²) in [6, 6.07) is 5.13. The number of hydrogen-bond donors (Lipinski definition) is 2. The lowest BCUT2D eigenvalue weighted by Crippen LogP contribution is -2.34. The third kappa shape index (κ3) is 1.86. The molecule has 2 rings (SSSR count). The minimum absolute atomic E-state index is 0.316. The zero-order chi connectivity index (χ0) is 11.5. The van der Waals surface area contributed by atoms with Gasteiger partial charge in [0.1, 0.15) is 0 Å². The smallest absolute Gasteiger partial charge is 0.335 e. The summed E-state index contributed by atoms with van der Waals surface area (Å²) in [6.07, 6.45) is 1.82. The van der Waals surface area contributed by atoms with Crippen LogP contribution in [0.5, 0.6) is 0 Å². The third-order valence-corrected chi connectivity index (χ3v) is 2.63. The summed E-state index contributed by atoms with van der Waals surface area (Å²) in [5.74, 6) is -0.896. The number of benzene rings is 1. The highest BCUT2D eigenvalue weighted by Crippen LogP contribution is 2.29. The first kappa shape index (κ1) is 10.5. The summed E-state index contributed by atoms with van der Waals surface area (Å²) >= 11 is 0. The molecular weight excluding hydrogens is 204 g/mol. The van der Waals surface area contributed by atoms with E-state index in [0.29, 0.717) is 5.56 Å². The number of anilines is 2. The summed E-state index contributed by atoms with van der Waals surface area (Å²) in [5, 5.41) is 12.2. The second-order valence-electron chi connectivity index (χ2n) is 3.70. The Labute approximate surface area is 94.2 Å². The van der Waals surface area contributed by atoms with Gasteiger partial charge in [0.25, 0.3) is 0 Å². The molecule has 4 heteroatoms. The zero-order valence-corrected chi connectivity index (χ0v) is 8.94. The van der Waals surface area contributed by atoms with Crippen LogP contribution in [-0.2, 0) is 0 Å². The highest BCUT2D eigenvalue weighted by molar-refractivity contribution is 5.91. The fourth-order valence-electron chi connectivity index (χ4n) is 1.87. The van der Waals surface area contributed by atoms with Gasteiger partial charge in [-0.05, 0) is 18.2 Å². The van der Waals surface area contributed by atoms with Gasteiger partial charge < -0.3 is 15.3 Å². The molecule has 1 aliphatic rings. The molecule has 0 unspecified atom stereocenters. The SMILES string of the molecule is C=CCN1CCNc2ccc(C(=O)O)cc21. The number of carboxylic acids is 1. The lowest BCUT2D eigenvalue weighted by Gasteiger charge is -2.31. The van der Waals surface area contributed by atoms with E-state index in [1.165, 1.54) is 0 Å². The molecule has 1 aliphatic heterocycles. The van der Waals surface area contributed by atoms with E-state index in [4.69, 9.17) is 5.11 Å². The van der Waals surface area contributed by atoms with Crippen molar-refractivity contribution in [1.82, 2.24) is 0 Å². The molecule has 0 aromatic heterocycles. The fraction of sp³-hybridized carbons (Fsp3) is 0.250. The Morgan fingerprint density at radius 2 is 2.44 bits per heavy atom. The Hall–Kier alpha value is -1.97. The second kappa shape index (κ2) is 4.26. The first-order valence-corrected chi connectivity index (χ1v) is 5.19. The van der Waals surface area contributed by atoms with E-state index in [0.717, 1.165) is 31.0 Å². The average molecular weight is 218 g/mol. The van der Waals surface area contributed by atoms with Crippen LogP contribution in [-0.4, -0.2) is 30.7 Å². The van der Waals surface area contributed by atoms with Crippen LogP contribution in [0.3, 0.4) is 0 Å². The van der Waals surface area contributed by atoms with Crippen LogP contribution < -0.4 is 10.2 Å². The molecular formula is C12H14N2O2. The molecule has 0 fully saturated rings. The Kier molecular flexibility index (Phi) is 2.81. The largest absolute Gasteiger partial charge is 0.478 e. The Bertz CT molecular complexity index is 429. The van der Waals surface area contributed by atoms with Gasteiger partial charge >= 0.3 is 5.97 Å². The van der Waals surface area contributed by atoms with E-state index in [1.807, 2.05) is 12.1 Å². The maximum Gasteiger partial charge on any atom is 0.335 e. The van der Waals surface area contributed by atoms with Crippen LogP contribution in [0.25, 0.3) is 0 Å². The van der Waals surface area contributed by atoms with Gasteiger partial charge in [-0.15, -0.1) is 6.58 Å². The molecule has 0 saturated heterocycles. The van der Waals surface area contributed by atoms with Crippen molar-refractivity contribution in [3.8, 4) is 0 Å². The molecule has 0 saturated carbocycles. The molecule has 2 N–H and O–H groups in total. The number of carbonyl (C=O) groups is 1. The molecule has 0 radical (unpaired) electrons. The first-order chi connectivity index (χ1) is 7.72. The molecule has 1 heterocycles.